The fourth-order valence-electron chi connectivity index (χ4n) is 2.38. The summed E-state index contributed by atoms with van der Waals surface area (Å²) in [5.74, 6) is 1.21. The summed E-state index contributed by atoms with van der Waals surface area (Å²) in [5.41, 5.74) is 2.25. The Morgan fingerprint density at radius 1 is 1.33 bits per heavy atom. The van der Waals surface area contributed by atoms with Gasteiger partial charge in [-0.3, -0.25) is 4.79 Å². The molecule has 92 valence electrons. The predicted octanol–water partition coefficient (Wildman–Crippen LogP) is 2.33. The van der Waals surface area contributed by atoms with Gasteiger partial charge in [0.05, 0.1) is 6.61 Å². The number of hydrogen-bond acceptors (Lipinski definition) is 2. The Hall–Kier alpha value is -2.03. The first kappa shape index (κ1) is 11.1. The van der Waals surface area contributed by atoms with Crippen LogP contribution in [0.25, 0.3) is 0 Å². The molecule has 1 unspecified atom stereocenters. The molecular formula is C15H15NO2. The van der Waals surface area contributed by atoms with Gasteiger partial charge in [0.1, 0.15) is 5.75 Å². The zero-order valence-corrected chi connectivity index (χ0v) is 10.3. The molecule has 0 saturated carbocycles. The number of aromatic nitrogens is 1. The maximum Gasteiger partial charge on any atom is 0.250 e. The molecule has 18 heavy (non-hydrogen) atoms. The van der Waals surface area contributed by atoms with Crippen LogP contribution in [0.2, 0.25) is 0 Å². The molecule has 0 bridgehead atoms. The first-order valence-corrected chi connectivity index (χ1v) is 6.13. The van der Waals surface area contributed by atoms with Crippen LogP contribution in [-0.4, -0.2) is 11.2 Å². The molecule has 3 heteroatoms. The Labute approximate surface area is 106 Å². The summed E-state index contributed by atoms with van der Waals surface area (Å²) < 4.78 is 7.38. The van der Waals surface area contributed by atoms with Crippen LogP contribution in [0.15, 0.2) is 47.4 Å². The summed E-state index contributed by atoms with van der Waals surface area (Å²) in [7, 11) is 0. The maximum absolute atomic E-state index is 11.9. The Morgan fingerprint density at radius 3 is 3.00 bits per heavy atom. The molecule has 1 aliphatic rings. The quantitative estimate of drug-likeness (QED) is 0.808. The number of pyridine rings is 1. The molecule has 0 fully saturated rings. The molecule has 3 rings (SSSR count). The highest BCUT2D eigenvalue weighted by Crippen LogP contribution is 2.34. The zero-order chi connectivity index (χ0) is 12.5. The number of fused-ring (bicyclic) bond motifs is 1. The number of benzene rings is 1. The van der Waals surface area contributed by atoms with E-state index in [1.54, 1.807) is 10.6 Å². The SMILES string of the molecule is Cc1ccn(CC2COc3ccccc32)c(=O)c1. The molecule has 1 aromatic carbocycles. The van der Waals surface area contributed by atoms with E-state index in [0.717, 1.165) is 11.3 Å². The number of nitrogens with zero attached hydrogens (tertiary/aromatic N) is 1. The molecule has 0 aliphatic carbocycles. The van der Waals surface area contributed by atoms with E-state index in [1.807, 2.05) is 37.4 Å². The average molecular weight is 241 g/mol. The van der Waals surface area contributed by atoms with E-state index < -0.39 is 0 Å². The maximum atomic E-state index is 11.9. The van der Waals surface area contributed by atoms with Gasteiger partial charge in [0.25, 0.3) is 5.56 Å². The van der Waals surface area contributed by atoms with E-state index in [2.05, 4.69) is 6.07 Å². The van der Waals surface area contributed by atoms with Crippen molar-refractivity contribution in [2.45, 2.75) is 19.4 Å². The van der Waals surface area contributed by atoms with Gasteiger partial charge in [-0.25, -0.2) is 0 Å². The van der Waals surface area contributed by atoms with E-state index >= 15 is 0 Å². The lowest BCUT2D eigenvalue weighted by atomic mass is 10.0. The van der Waals surface area contributed by atoms with Crippen LogP contribution in [0.5, 0.6) is 5.75 Å². The molecule has 3 nitrogen and oxygen atoms in total. The van der Waals surface area contributed by atoms with E-state index in [1.165, 1.54) is 5.56 Å². The fraction of sp³-hybridized carbons (Fsp3) is 0.267. The van der Waals surface area contributed by atoms with Gasteiger partial charge in [-0.2, -0.15) is 0 Å². The number of hydrogen-bond donors (Lipinski definition) is 0. The first-order chi connectivity index (χ1) is 8.74. The zero-order valence-electron chi connectivity index (χ0n) is 10.3. The summed E-state index contributed by atoms with van der Waals surface area (Å²) in [6, 6.07) is 11.7. The van der Waals surface area contributed by atoms with Gasteiger partial charge in [0, 0.05) is 30.3 Å². The van der Waals surface area contributed by atoms with Gasteiger partial charge in [0.15, 0.2) is 0 Å². The van der Waals surface area contributed by atoms with Gasteiger partial charge >= 0.3 is 0 Å². The van der Waals surface area contributed by atoms with E-state index in [0.29, 0.717) is 13.2 Å². The smallest absolute Gasteiger partial charge is 0.250 e. The minimum Gasteiger partial charge on any atom is -0.493 e. The van der Waals surface area contributed by atoms with Crippen molar-refractivity contribution in [3.63, 3.8) is 0 Å². The molecule has 0 N–H and O–H groups in total. The number of ether oxygens (including phenoxy) is 1. The van der Waals surface area contributed by atoms with Crippen LogP contribution < -0.4 is 10.3 Å². The summed E-state index contributed by atoms with van der Waals surface area (Å²) in [4.78, 5) is 11.9. The lowest BCUT2D eigenvalue weighted by Crippen LogP contribution is -2.22. The molecule has 2 aromatic rings. The third-order valence-electron chi connectivity index (χ3n) is 3.37. The van der Waals surface area contributed by atoms with Crippen molar-refractivity contribution in [1.29, 1.82) is 0 Å². The van der Waals surface area contributed by atoms with Crippen molar-refractivity contribution in [3.8, 4) is 5.75 Å². The average Bonchev–Trinajstić information content (AvgIpc) is 2.76. The normalized spacial score (nSPS) is 17.3. The van der Waals surface area contributed by atoms with Crippen molar-refractivity contribution in [3.05, 3.63) is 64.1 Å². The Morgan fingerprint density at radius 2 is 2.17 bits per heavy atom. The highest BCUT2D eigenvalue weighted by molar-refractivity contribution is 5.39. The Bertz CT molecular complexity index is 630. The summed E-state index contributed by atoms with van der Waals surface area (Å²) >= 11 is 0. The second-order valence-corrected chi connectivity index (χ2v) is 4.74. The highest BCUT2D eigenvalue weighted by Gasteiger charge is 2.23. The topological polar surface area (TPSA) is 31.2 Å². The predicted molar refractivity (Wildman–Crippen MR) is 70.1 cm³/mol. The van der Waals surface area contributed by atoms with Crippen LogP contribution in [0, 0.1) is 6.92 Å². The molecular weight excluding hydrogens is 226 g/mol. The lowest BCUT2D eigenvalue weighted by Gasteiger charge is -2.11. The van der Waals surface area contributed by atoms with Crippen LogP contribution in [-0.2, 0) is 6.54 Å². The second kappa shape index (κ2) is 4.33. The first-order valence-electron chi connectivity index (χ1n) is 6.13. The Kier molecular flexibility index (Phi) is 2.67. The summed E-state index contributed by atoms with van der Waals surface area (Å²) in [6.45, 7) is 3.26. The van der Waals surface area contributed by atoms with Gasteiger partial charge in [-0.05, 0) is 24.6 Å². The van der Waals surface area contributed by atoms with E-state index in [-0.39, 0.29) is 11.5 Å². The van der Waals surface area contributed by atoms with Crippen molar-refractivity contribution >= 4 is 0 Å². The van der Waals surface area contributed by atoms with Crippen LogP contribution in [0.3, 0.4) is 0 Å². The third kappa shape index (κ3) is 1.92. The van der Waals surface area contributed by atoms with Crippen LogP contribution >= 0.6 is 0 Å². The Balaban J connectivity index is 1.89. The number of aryl methyl sites for hydroxylation is 1. The van der Waals surface area contributed by atoms with Crippen LogP contribution in [0.1, 0.15) is 17.0 Å². The molecule has 1 aliphatic heterocycles. The van der Waals surface area contributed by atoms with Gasteiger partial charge in [-0.1, -0.05) is 18.2 Å². The number of para-hydroxylation sites is 1. The van der Waals surface area contributed by atoms with Gasteiger partial charge in [0.2, 0.25) is 0 Å². The van der Waals surface area contributed by atoms with Crippen molar-refractivity contribution in [1.82, 2.24) is 4.57 Å². The molecule has 1 aromatic heterocycles. The minimum atomic E-state index is 0.0550. The standard InChI is InChI=1S/C15H15NO2/c1-11-6-7-16(15(17)8-11)9-12-10-18-14-5-3-2-4-13(12)14/h2-8,12H,9-10H2,1H3. The van der Waals surface area contributed by atoms with Gasteiger partial charge < -0.3 is 9.30 Å². The lowest BCUT2D eigenvalue weighted by molar-refractivity contribution is 0.318. The van der Waals surface area contributed by atoms with Crippen LogP contribution in [0.4, 0.5) is 0 Å². The highest BCUT2D eigenvalue weighted by atomic mass is 16.5. The van der Waals surface area contributed by atoms with E-state index in [4.69, 9.17) is 4.74 Å². The summed E-state index contributed by atoms with van der Waals surface area (Å²) in [5, 5.41) is 0. The number of rotatable bonds is 2. The van der Waals surface area contributed by atoms with Crippen molar-refractivity contribution in [2.24, 2.45) is 0 Å². The second-order valence-electron chi connectivity index (χ2n) is 4.74. The van der Waals surface area contributed by atoms with Crippen molar-refractivity contribution in [2.75, 3.05) is 6.61 Å². The minimum absolute atomic E-state index is 0.0550. The van der Waals surface area contributed by atoms with Gasteiger partial charge in [-0.15, -0.1) is 0 Å². The van der Waals surface area contributed by atoms with Crippen molar-refractivity contribution < 1.29 is 4.74 Å². The molecule has 0 saturated heterocycles. The summed E-state index contributed by atoms with van der Waals surface area (Å²) in [6.07, 6.45) is 1.86. The molecule has 0 spiro atoms. The molecule has 1 atom stereocenters. The molecule has 0 amide bonds. The monoisotopic (exact) mass is 241 g/mol. The molecule has 2 heterocycles. The third-order valence-corrected chi connectivity index (χ3v) is 3.37. The van der Waals surface area contributed by atoms with E-state index in [9.17, 15) is 4.79 Å². The molecule has 0 radical (unpaired) electrons. The largest absolute Gasteiger partial charge is 0.493 e. The fourth-order valence-corrected chi connectivity index (χ4v) is 2.38.